The van der Waals surface area contributed by atoms with Gasteiger partial charge in [-0.2, -0.15) is 13.2 Å². The Morgan fingerprint density at radius 1 is 1.55 bits per heavy atom. The minimum absolute atomic E-state index is 0.0339. The number of hydrogen-bond donors (Lipinski definition) is 1. The molecule has 1 aromatic rings. The molecular weight excluding hydrogens is 297 g/mol. The van der Waals surface area contributed by atoms with Crippen molar-refractivity contribution in [2.45, 2.75) is 12.2 Å². The molecule has 2 heterocycles. The van der Waals surface area contributed by atoms with Crippen LogP contribution in [-0.2, 0) is 4.79 Å². The van der Waals surface area contributed by atoms with Crippen molar-refractivity contribution in [3.05, 3.63) is 30.1 Å². The Kier molecular flexibility index (Phi) is 5.36. The van der Waals surface area contributed by atoms with Crippen LogP contribution in [0.5, 0.6) is 0 Å². The van der Waals surface area contributed by atoms with Crippen LogP contribution in [-0.4, -0.2) is 66.6 Å². The molecule has 1 amide bonds. The standard InChI is InChI=1S/C14H19F3N4O/c1-20(10-14(15,16)17)13(22)9-21-6-5-19-8-12(21)11-3-2-4-18-7-11/h2-4,7,12,19H,5-6,8-10H2,1H3. The SMILES string of the molecule is CN(CC(F)(F)F)C(=O)CN1CCNCC1c1cccnc1. The van der Waals surface area contributed by atoms with Gasteiger partial charge < -0.3 is 10.2 Å². The number of carbonyl (C=O) groups excluding carboxylic acids is 1. The molecule has 0 aliphatic carbocycles. The summed E-state index contributed by atoms with van der Waals surface area (Å²) in [5, 5.41) is 3.23. The van der Waals surface area contributed by atoms with Gasteiger partial charge >= 0.3 is 6.18 Å². The summed E-state index contributed by atoms with van der Waals surface area (Å²) in [5.41, 5.74) is 0.945. The Hall–Kier alpha value is -1.67. The van der Waals surface area contributed by atoms with E-state index in [0.29, 0.717) is 19.6 Å². The lowest BCUT2D eigenvalue weighted by Gasteiger charge is -2.36. The second-order valence-electron chi connectivity index (χ2n) is 5.34. The first kappa shape index (κ1) is 16.7. The van der Waals surface area contributed by atoms with Gasteiger partial charge in [-0.25, -0.2) is 0 Å². The molecule has 0 bridgehead atoms. The first-order valence-corrected chi connectivity index (χ1v) is 7.02. The maximum absolute atomic E-state index is 12.4. The fraction of sp³-hybridized carbons (Fsp3) is 0.571. The summed E-state index contributed by atoms with van der Waals surface area (Å²) >= 11 is 0. The number of halogens is 3. The van der Waals surface area contributed by atoms with E-state index in [4.69, 9.17) is 0 Å². The van der Waals surface area contributed by atoms with Crippen LogP contribution in [0.3, 0.4) is 0 Å². The highest BCUT2D eigenvalue weighted by molar-refractivity contribution is 5.78. The number of amides is 1. The summed E-state index contributed by atoms with van der Waals surface area (Å²) in [7, 11) is 1.18. The molecule has 0 saturated carbocycles. The van der Waals surface area contributed by atoms with Crippen LogP contribution in [0, 0.1) is 0 Å². The van der Waals surface area contributed by atoms with Gasteiger partial charge in [0.1, 0.15) is 6.54 Å². The highest BCUT2D eigenvalue weighted by atomic mass is 19.4. The summed E-state index contributed by atoms with van der Waals surface area (Å²) < 4.78 is 37.1. The van der Waals surface area contributed by atoms with E-state index in [9.17, 15) is 18.0 Å². The molecule has 8 heteroatoms. The lowest BCUT2D eigenvalue weighted by Crippen LogP contribution is -2.50. The molecule has 2 rings (SSSR count). The van der Waals surface area contributed by atoms with Gasteiger partial charge in [-0.15, -0.1) is 0 Å². The van der Waals surface area contributed by atoms with Gasteiger partial charge in [0.15, 0.2) is 0 Å². The quantitative estimate of drug-likeness (QED) is 0.902. The van der Waals surface area contributed by atoms with Crippen LogP contribution in [0.4, 0.5) is 13.2 Å². The van der Waals surface area contributed by atoms with Crippen molar-refractivity contribution in [1.29, 1.82) is 0 Å². The second-order valence-corrected chi connectivity index (χ2v) is 5.34. The van der Waals surface area contributed by atoms with E-state index >= 15 is 0 Å². The van der Waals surface area contributed by atoms with Crippen LogP contribution in [0.2, 0.25) is 0 Å². The fourth-order valence-corrected chi connectivity index (χ4v) is 2.49. The van der Waals surface area contributed by atoms with E-state index in [-0.39, 0.29) is 12.6 Å². The van der Waals surface area contributed by atoms with E-state index < -0.39 is 18.6 Å². The zero-order valence-corrected chi connectivity index (χ0v) is 12.3. The smallest absolute Gasteiger partial charge is 0.336 e. The molecule has 22 heavy (non-hydrogen) atoms. The van der Waals surface area contributed by atoms with Crippen molar-refractivity contribution in [3.8, 4) is 0 Å². The van der Waals surface area contributed by atoms with Crippen molar-refractivity contribution < 1.29 is 18.0 Å². The van der Waals surface area contributed by atoms with Crippen molar-refractivity contribution >= 4 is 5.91 Å². The first-order chi connectivity index (χ1) is 10.4. The van der Waals surface area contributed by atoms with Crippen molar-refractivity contribution in [3.63, 3.8) is 0 Å². The lowest BCUT2D eigenvalue weighted by atomic mass is 10.1. The van der Waals surface area contributed by atoms with Gasteiger partial charge in [0.05, 0.1) is 6.54 Å². The predicted octanol–water partition coefficient (Wildman–Crippen LogP) is 1.05. The Labute approximate surface area is 127 Å². The van der Waals surface area contributed by atoms with E-state index in [2.05, 4.69) is 10.3 Å². The maximum Gasteiger partial charge on any atom is 0.406 e. The predicted molar refractivity (Wildman–Crippen MR) is 75.1 cm³/mol. The Morgan fingerprint density at radius 3 is 2.95 bits per heavy atom. The number of alkyl halides is 3. The molecule has 122 valence electrons. The third kappa shape index (κ3) is 4.67. The number of aromatic nitrogens is 1. The first-order valence-electron chi connectivity index (χ1n) is 7.02. The number of likely N-dealkylation sites (N-methyl/N-ethyl adjacent to an activating group) is 1. The lowest BCUT2D eigenvalue weighted by molar-refractivity contribution is -0.159. The number of piperazine rings is 1. The molecule has 5 nitrogen and oxygen atoms in total. The van der Waals surface area contributed by atoms with E-state index in [0.717, 1.165) is 10.5 Å². The summed E-state index contributed by atoms with van der Waals surface area (Å²) in [5.74, 6) is -0.534. The van der Waals surface area contributed by atoms with Crippen molar-refractivity contribution in [1.82, 2.24) is 20.1 Å². The minimum atomic E-state index is -4.38. The highest BCUT2D eigenvalue weighted by Gasteiger charge is 2.33. The number of rotatable bonds is 4. The van der Waals surface area contributed by atoms with Crippen LogP contribution in [0.25, 0.3) is 0 Å². The van der Waals surface area contributed by atoms with Gasteiger partial charge in [-0.3, -0.25) is 14.7 Å². The molecule has 0 aromatic carbocycles. The van der Waals surface area contributed by atoms with Crippen LogP contribution < -0.4 is 5.32 Å². The van der Waals surface area contributed by atoms with Gasteiger partial charge in [-0.05, 0) is 11.6 Å². The van der Waals surface area contributed by atoms with Gasteiger partial charge in [0, 0.05) is 45.1 Å². The molecule has 1 aromatic heterocycles. The average molecular weight is 316 g/mol. The molecule has 0 radical (unpaired) electrons. The molecule has 1 atom stereocenters. The molecule has 1 saturated heterocycles. The van der Waals surface area contributed by atoms with Crippen LogP contribution >= 0.6 is 0 Å². The number of nitrogens with one attached hydrogen (secondary N) is 1. The summed E-state index contributed by atoms with van der Waals surface area (Å²) in [6.45, 7) is 0.684. The molecular formula is C14H19F3N4O. The molecule has 1 aliphatic heterocycles. The van der Waals surface area contributed by atoms with E-state index in [1.54, 1.807) is 18.5 Å². The third-order valence-corrected chi connectivity index (χ3v) is 3.60. The summed E-state index contributed by atoms with van der Waals surface area (Å²) in [6.07, 6.45) is -1.00. The molecule has 1 aliphatic rings. The monoisotopic (exact) mass is 316 g/mol. The van der Waals surface area contributed by atoms with Crippen molar-refractivity contribution in [2.24, 2.45) is 0 Å². The normalized spacial score (nSPS) is 19.9. The van der Waals surface area contributed by atoms with Crippen molar-refractivity contribution in [2.75, 3.05) is 39.8 Å². The second kappa shape index (κ2) is 7.06. The fourth-order valence-electron chi connectivity index (χ4n) is 2.49. The van der Waals surface area contributed by atoms with Crippen LogP contribution in [0.1, 0.15) is 11.6 Å². The van der Waals surface area contributed by atoms with Gasteiger partial charge in [0.25, 0.3) is 0 Å². The van der Waals surface area contributed by atoms with Gasteiger partial charge in [0.2, 0.25) is 5.91 Å². The number of pyridine rings is 1. The number of hydrogen-bond acceptors (Lipinski definition) is 4. The molecule has 1 unspecified atom stereocenters. The molecule has 1 fully saturated rings. The van der Waals surface area contributed by atoms with Crippen LogP contribution in [0.15, 0.2) is 24.5 Å². The topological polar surface area (TPSA) is 48.5 Å². The molecule has 0 spiro atoms. The third-order valence-electron chi connectivity index (χ3n) is 3.60. The zero-order valence-electron chi connectivity index (χ0n) is 12.3. The minimum Gasteiger partial charge on any atom is -0.336 e. The largest absolute Gasteiger partial charge is 0.406 e. The van der Waals surface area contributed by atoms with E-state index in [1.165, 1.54) is 7.05 Å². The Morgan fingerprint density at radius 2 is 2.32 bits per heavy atom. The number of nitrogens with zero attached hydrogens (tertiary/aromatic N) is 3. The summed E-state index contributed by atoms with van der Waals surface area (Å²) in [6, 6.07) is 3.65. The summed E-state index contributed by atoms with van der Waals surface area (Å²) in [4.78, 5) is 18.7. The zero-order chi connectivity index (χ0) is 16.2. The Bertz CT molecular complexity index is 495. The molecule has 1 N–H and O–H groups in total. The number of carbonyl (C=O) groups is 1. The van der Waals surface area contributed by atoms with E-state index in [1.807, 2.05) is 11.0 Å². The average Bonchev–Trinajstić information content (AvgIpc) is 2.47. The highest BCUT2D eigenvalue weighted by Crippen LogP contribution is 2.21. The maximum atomic E-state index is 12.4. The Balaban J connectivity index is 2.01. The van der Waals surface area contributed by atoms with Gasteiger partial charge in [-0.1, -0.05) is 6.07 Å².